The van der Waals surface area contributed by atoms with Crippen LogP contribution in [0.2, 0.25) is 0 Å². The third-order valence-corrected chi connectivity index (χ3v) is 5.08. The Kier molecular flexibility index (Phi) is 6.49. The topological polar surface area (TPSA) is 74.6 Å². The van der Waals surface area contributed by atoms with E-state index in [9.17, 15) is 9.59 Å². The fourth-order valence-corrected chi connectivity index (χ4v) is 3.65. The first kappa shape index (κ1) is 19.7. The molecule has 0 radical (unpaired) electrons. The summed E-state index contributed by atoms with van der Waals surface area (Å²) >= 11 is 1.65. The Morgan fingerprint density at radius 3 is 2.61 bits per heavy atom. The molecule has 3 amide bonds. The van der Waals surface area contributed by atoms with E-state index in [1.165, 1.54) is 4.88 Å². The van der Waals surface area contributed by atoms with Gasteiger partial charge in [-0.2, -0.15) is 0 Å². The third kappa shape index (κ3) is 5.72. The molecule has 0 spiro atoms. The number of urea groups is 1. The Bertz CT molecular complexity index is 934. The fourth-order valence-electron chi connectivity index (χ4n) is 2.75. The van der Waals surface area contributed by atoms with E-state index in [2.05, 4.69) is 10.6 Å². The van der Waals surface area contributed by atoms with Crippen LogP contribution in [0.1, 0.15) is 21.1 Å². The molecular formula is C21H23N3O3S. The molecule has 0 aliphatic carbocycles. The molecule has 0 aliphatic rings. The van der Waals surface area contributed by atoms with Crippen molar-refractivity contribution in [1.29, 1.82) is 0 Å². The Hall–Kier alpha value is -3.06. The van der Waals surface area contributed by atoms with Crippen molar-refractivity contribution in [1.82, 2.24) is 10.2 Å². The number of aryl methyl sites for hydroxylation is 2. The minimum Gasteiger partial charge on any atom is -0.467 e. The van der Waals surface area contributed by atoms with Crippen LogP contribution < -0.4 is 10.6 Å². The Labute approximate surface area is 168 Å². The van der Waals surface area contributed by atoms with Crippen molar-refractivity contribution in [2.75, 3.05) is 11.9 Å². The summed E-state index contributed by atoms with van der Waals surface area (Å²) in [5.41, 5.74) is 1.73. The highest BCUT2D eigenvalue weighted by atomic mass is 32.1. The van der Waals surface area contributed by atoms with E-state index in [4.69, 9.17) is 4.42 Å². The molecule has 0 atom stereocenters. The number of hydrogen-bond donors (Lipinski definition) is 2. The van der Waals surface area contributed by atoms with Gasteiger partial charge in [0.15, 0.2) is 0 Å². The molecule has 3 rings (SSSR count). The lowest BCUT2D eigenvalue weighted by Crippen LogP contribution is -2.40. The number of amides is 3. The third-order valence-electron chi connectivity index (χ3n) is 4.10. The lowest BCUT2D eigenvalue weighted by molar-refractivity contribution is -0.131. The molecule has 0 aliphatic heterocycles. The predicted molar refractivity (Wildman–Crippen MR) is 110 cm³/mol. The summed E-state index contributed by atoms with van der Waals surface area (Å²) in [6.45, 7) is 4.71. The number of benzene rings is 1. The Morgan fingerprint density at radius 2 is 1.93 bits per heavy atom. The zero-order valence-electron chi connectivity index (χ0n) is 15.9. The predicted octanol–water partition coefficient (Wildman–Crippen LogP) is 4.31. The Balaban J connectivity index is 1.59. The number of rotatable bonds is 7. The maximum absolute atomic E-state index is 12.7. The quantitative estimate of drug-likeness (QED) is 0.624. The highest BCUT2D eigenvalue weighted by Gasteiger charge is 2.17. The van der Waals surface area contributed by atoms with Crippen molar-refractivity contribution in [2.24, 2.45) is 0 Å². The normalized spacial score (nSPS) is 10.5. The van der Waals surface area contributed by atoms with Crippen LogP contribution in [-0.2, 0) is 17.9 Å². The van der Waals surface area contributed by atoms with Gasteiger partial charge in [-0.15, -0.1) is 11.3 Å². The Morgan fingerprint density at radius 1 is 1.07 bits per heavy atom. The van der Waals surface area contributed by atoms with E-state index < -0.39 is 6.03 Å². The lowest BCUT2D eigenvalue weighted by atomic mass is 10.2. The summed E-state index contributed by atoms with van der Waals surface area (Å²) in [6.07, 6.45) is 1.58. The van der Waals surface area contributed by atoms with Crippen molar-refractivity contribution >= 4 is 29.0 Å². The first-order valence-electron chi connectivity index (χ1n) is 8.96. The number of thiophene rings is 1. The minimum absolute atomic E-state index is 0.0945. The molecule has 7 heteroatoms. The highest BCUT2D eigenvalue weighted by molar-refractivity contribution is 7.11. The van der Waals surface area contributed by atoms with Gasteiger partial charge in [0.1, 0.15) is 5.76 Å². The maximum Gasteiger partial charge on any atom is 0.319 e. The van der Waals surface area contributed by atoms with E-state index >= 15 is 0 Å². The van der Waals surface area contributed by atoms with E-state index in [1.54, 1.807) is 34.6 Å². The second-order valence-electron chi connectivity index (χ2n) is 6.52. The zero-order chi connectivity index (χ0) is 19.9. The van der Waals surface area contributed by atoms with Gasteiger partial charge in [0.05, 0.1) is 25.9 Å². The molecule has 0 saturated carbocycles. The van der Waals surface area contributed by atoms with Crippen molar-refractivity contribution in [3.63, 3.8) is 0 Å². The number of carbonyl (C=O) groups is 2. The molecule has 6 nitrogen and oxygen atoms in total. The number of furan rings is 1. The molecule has 1 aromatic carbocycles. The second kappa shape index (κ2) is 9.23. The molecule has 0 saturated heterocycles. The molecule has 0 fully saturated rings. The summed E-state index contributed by atoms with van der Waals surface area (Å²) in [4.78, 5) is 28.8. The molecule has 146 valence electrons. The van der Waals surface area contributed by atoms with Crippen molar-refractivity contribution in [3.05, 3.63) is 75.9 Å². The van der Waals surface area contributed by atoms with E-state index in [0.29, 0.717) is 24.5 Å². The number of nitrogens with zero attached hydrogens (tertiary/aromatic N) is 1. The highest BCUT2D eigenvalue weighted by Crippen LogP contribution is 2.19. The second-order valence-corrected chi connectivity index (χ2v) is 7.89. The average Bonchev–Trinajstić information content (AvgIpc) is 3.31. The van der Waals surface area contributed by atoms with E-state index in [1.807, 2.05) is 50.2 Å². The monoisotopic (exact) mass is 397 g/mol. The first-order valence-corrected chi connectivity index (χ1v) is 9.78. The standard InChI is InChI=1S/C21H23N3O3S/c1-15-5-3-6-17(11-15)23-21(26)22-12-20(25)24(13-18-7-4-10-27-18)14-19-9-8-16(2)28-19/h3-11H,12-14H2,1-2H3,(H2,22,23,26). The molecule has 2 aromatic heterocycles. The van der Waals surface area contributed by atoms with Crippen molar-refractivity contribution in [3.8, 4) is 0 Å². The van der Waals surface area contributed by atoms with Gasteiger partial charge in [-0.05, 0) is 55.8 Å². The van der Waals surface area contributed by atoms with Crippen LogP contribution in [0.15, 0.2) is 59.2 Å². The zero-order valence-corrected chi connectivity index (χ0v) is 16.7. The van der Waals surface area contributed by atoms with Crippen LogP contribution in [0, 0.1) is 13.8 Å². The average molecular weight is 398 g/mol. The SMILES string of the molecule is Cc1cccc(NC(=O)NCC(=O)N(Cc2ccco2)Cc2ccc(C)s2)c1. The summed E-state index contributed by atoms with van der Waals surface area (Å²) in [5, 5.41) is 5.37. The van der Waals surface area contributed by atoms with Crippen LogP contribution in [0.3, 0.4) is 0 Å². The van der Waals surface area contributed by atoms with Gasteiger partial charge < -0.3 is 20.0 Å². The van der Waals surface area contributed by atoms with E-state index in [0.717, 1.165) is 10.4 Å². The number of carbonyl (C=O) groups excluding carboxylic acids is 2. The summed E-state index contributed by atoms with van der Waals surface area (Å²) in [7, 11) is 0. The van der Waals surface area contributed by atoms with Gasteiger partial charge in [0.25, 0.3) is 0 Å². The number of hydrogen-bond acceptors (Lipinski definition) is 4. The lowest BCUT2D eigenvalue weighted by Gasteiger charge is -2.21. The van der Waals surface area contributed by atoms with Crippen molar-refractivity contribution in [2.45, 2.75) is 26.9 Å². The van der Waals surface area contributed by atoms with Gasteiger partial charge in [-0.25, -0.2) is 4.79 Å². The van der Waals surface area contributed by atoms with Gasteiger partial charge in [-0.1, -0.05) is 12.1 Å². The molecule has 0 unspecified atom stereocenters. The molecule has 3 aromatic rings. The van der Waals surface area contributed by atoms with Crippen LogP contribution >= 0.6 is 11.3 Å². The van der Waals surface area contributed by atoms with Crippen LogP contribution in [0.4, 0.5) is 10.5 Å². The van der Waals surface area contributed by atoms with E-state index in [-0.39, 0.29) is 12.5 Å². The van der Waals surface area contributed by atoms with Crippen molar-refractivity contribution < 1.29 is 14.0 Å². The molecule has 2 N–H and O–H groups in total. The molecular weight excluding hydrogens is 374 g/mol. The first-order chi connectivity index (χ1) is 13.5. The maximum atomic E-state index is 12.7. The summed E-state index contributed by atoms with van der Waals surface area (Å²) < 4.78 is 5.38. The smallest absolute Gasteiger partial charge is 0.319 e. The van der Waals surface area contributed by atoms with Crippen LogP contribution in [-0.4, -0.2) is 23.4 Å². The fraction of sp³-hybridized carbons (Fsp3) is 0.238. The number of anilines is 1. The molecule has 2 heterocycles. The molecule has 0 bridgehead atoms. The molecule has 28 heavy (non-hydrogen) atoms. The van der Waals surface area contributed by atoms with Crippen LogP contribution in [0.5, 0.6) is 0 Å². The van der Waals surface area contributed by atoms with Crippen LogP contribution in [0.25, 0.3) is 0 Å². The van der Waals surface area contributed by atoms with Gasteiger partial charge in [-0.3, -0.25) is 4.79 Å². The largest absolute Gasteiger partial charge is 0.467 e. The number of nitrogens with one attached hydrogen (secondary N) is 2. The minimum atomic E-state index is -0.413. The van der Waals surface area contributed by atoms with Gasteiger partial charge in [0, 0.05) is 15.4 Å². The summed E-state index contributed by atoms with van der Waals surface area (Å²) in [6, 6.07) is 14.7. The summed E-state index contributed by atoms with van der Waals surface area (Å²) in [5.74, 6) is 0.521. The van der Waals surface area contributed by atoms with Gasteiger partial charge >= 0.3 is 6.03 Å². The van der Waals surface area contributed by atoms with Gasteiger partial charge in [0.2, 0.25) is 5.91 Å².